The quantitative estimate of drug-likeness (QED) is 0.903. The predicted molar refractivity (Wildman–Crippen MR) is 93.3 cm³/mol. The lowest BCUT2D eigenvalue weighted by Gasteiger charge is -2.21. The van der Waals surface area contributed by atoms with Gasteiger partial charge in [-0.25, -0.2) is 9.78 Å². The van der Waals surface area contributed by atoms with Gasteiger partial charge in [0, 0.05) is 30.2 Å². The summed E-state index contributed by atoms with van der Waals surface area (Å²) >= 11 is 1.59. The van der Waals surface area contributed by atoms with Crippen molar-refractivity contribution in [2.75, 3.05) is 13.1 Å². The number of amides is 2. The van der Waals surface area contributed by atoms with Crippen LogP contribution in [0.5, 0.6) is 5.75 Å². The van der Waals surface area contributed by atoms with Crippen LogP contribution in [-0.4, -0.2) is 40.1 Å². The average molecular weight is 346 g/mol. The molecule has 7 heteroatoms. The van der Waals surface area contributed by atoms with E-state index >= 15 is 0 Å². The molecule has 0 aliphatic carbocycles. The molecule has 0 radical (unpaired) electrons. The van der Waals surface area contributed by atoms with Gasteiger partial charge in [0.1, 0.15) is 16.9 Å². The zero-order chi connectivity index (χ0) is 16.9. The van der Waals surface area contributed by atoms with Crippen LogP contribution in [0.2, 0.25) is 0 Å². The number of thiazole rings is 1. The second-order valence-corrected chi connectivity index (χ2v) is 6.79. The Labute approximate surface area is 145 Å². The van der Waals surface area contributed by atoms with E-state index in [-0.39, 0.29) is 18.2 Å². The van der Waals surface area contributed by atoms with Crippen molar-refractivity contribution in [3.05, 3.63) is 40.6 Å². The number of pyridine rings is 1. The first-order valence-electron chi connectivity index (χ1n) is 8.20. The van der Waals surface area contributed by atoms with E-state index in [2.05, 4.69) is 22.2 Å². The molecule has 1 saturated heterocycles. The van der Waals surface area contributed by atoms with Gasteiger partial charge in [-0.1, -0.05) is 6.92 Å². The Morgan fingerprint density at radius 1 is 1.58 bits per heavy atom. The van der Waals surface area contributed by atoms with E-state index < -0.39 is 0 Å². The van der Waals surface area contributed by atoms with Crippen molar-refractivity contribution in [2.45, 2.75) is 38.8 Å². The summed E-state index contributed by atoms with van der Waals surface area (Å²) in [7, 11) is 0. The normalized spacial score (nSPS) is 18.4. The fourth-order valence-corrected chi connectivity index (χ4v) is 3.66. The number of hydrogen-bond acceptors (Lipinski definition) is 5. The lowest BCUT2D eigenvalue weighted by Crippen LogP contribution is -2.41. The lowest BCUT2D eigenvalue weighted by atomic mass is 10.2. The van der Waals surface area contributed by atoms with E-state index in [0.717, 1.165) is 29.3 Å². The summed E-state index contributed by atoms with van der Waals surface area (Å²) in [5.41, 5.74) is 0.994. The third-order valence-corrected chi connectivity index (χ3v) is 5.09. The van der Waals surface area contributed by atoms with Gasteiger partial charge in [-0.2, -0.15) is 0 Å². The third-order valence-electron chi connectivity index (χ3n) is 4.01. The molecule has 0 aromatic carbocycles. The molecule has 1 aliphatic rings. The summed E-state index contributed by atoms with van der Waals surface area (Å²) in [4.78, 5) is 22.9. The van der Waals surface area contributed by atoms with Crippen molar-refractivity contribution in [1.82, 2.24) is 20.2 Å². The SMILES string of the molecule is CC[C@@H](NC(=O)N1CC[C@H](Oc2cccnc2)C1)c1nc(C)cs1. The van der Waals surface area contributed by atoms with E-state index in [9.17, 15) is 4.79 Å². The number of carbonyl (C=O) groups is 1. The highest BCUT2D eigenvalue weighted by Gasteiger charge is 2.29. The minimum Gasteiger partial charge on any atom is -0.487 e. The topological polar surface area (TPSA) is 67.4 Å². The predicted octanol–water partition coefficient (Wildman–Crippen LogP) is 3.16. The van der Waals surface area contributed by atoms with Crippen LogP contribution in [0.15, 0.2) is 29.9 Å². The monoisotopic (exact) mass is 346 g/mol. The highest BCUT2D eigenvalue weighted by molar-refractivity contribution is 7.09. The highest BCUT2D eigenvalue weighted by atomic mass is 32.1. The Kier molecular flexibility index (Phi) is 5.30. The summed E-state index contributed by atoms with van der Waals surface area (Å²) in [5, 5.41) is 6.06. The second-order valence-electron chi connectivity index (χ2n) is 5.90. The van der Waals surface area contributed by atoms with Crippen LogP contribution in [0.25, 0.3) is 0 Å². The zero-order valence-corrected chi connectivity index (χ0v) is 14.8. The molecule has 6 nitrogen and oxygen atoms in total. The molecule has 0 spiro atoms. The van der Waals surface area contributed by atoms with E-state index in [0.29, 0.717) is 13.1 Å². The number of hydrogen-bond donors (Lipinski definition) is 1. The van der Waals surface area contributed by atoms with Gasteiger partial charge in [0.25, 0.3) is 0 Å². The Hall–Kier alpha value is -2.15. The molecule has 0 saturated carbocycles. The molecule has 2 atom stereocenters. The van der Waals surface area contributed by atoms with Gasteiger partial charge in [-0.05, 0) is 25.5 Å². The molecule has 2 aromatic heterocycles. The van der Waals surface area contributed by atoms with E-state index in [1.807, 2.05) is 29.3 Å². The van der Waals surface area contributed by atoms with Crippen LogP contribution in [-0.2, 0) is 0 Å². The number of nitrogens with zero attached hydrogens (tertiary/aromatic N) is 3. The van der Waals surface area contributed by atoms with Crippen molar-refractivity contribution in [3.8, 4) is 5.75 Å². The zero-order valence-electron chi connectivity index (χ0n) is 13.9. The number of rotatable bonds is 5. The molecule has 3 rings (SSSR count). The van der Waals surface area contributed by atoms with Gasteiger partial charge in [0.2, 0.25) is 0 Å². The molecule has 1 N–H and O–H groups in total. The molecular weight excluding hydrogens is 324 g/mol. The first-order valence-corrected chi connectivity index (χ1v) is 9.07. The molecule has 3 heterocycles. The number of carbonyl (C=O) groups excluding carboxylic acids is 1. The molecule has 2 amide bonds. The van der Waals surface area contributed by atoms with Gasteiger partial charge in [-0.3, -0.25) is 4.98 Å². The minimum absolute atomic E-state index is 0.0159. The van der Waals surface area contributed by atoms with Crippen molar-refractivity contribution < 1.29 is 9.53 Å². The number of urea groups is 1. The number of aryl methyl sites for hydroxylation is 1. The summed E-state index contributed by atoms with van der Waals surface area (Å²) in [6.07, 6.45) is 5.08. The van der Waals surface area contributed by atoms with Crippen molar-refractivity contribution in [2.24, 2.45) is 0 Å². The maximum absolute atomic E-state index is 12.5. The Balaban J connectivity index is 1.54. The minimum atomic E-state index is -0.0491. The maximum atomic E-state index is 12.5. The van der Waals surface area contributed by atoms with Crippen molar-refractivity contribution in [1.29, 1.82) is 0 Å². The summed E-state index contributed by atoms with van der Waals surface area (Å²) in [6, 6.07) is 3.64. The van der Waals surface area contributed by atoms with Crippen LogP contribution in [0, 0.1) is 6.92 Å². The van der Waals surface area contributed by atoms with E-state index in [1.165, 1.54) is 0 Å². The van der Waals surface area contributed by atoms with Crippen LogP contribution in [0.3, 0.4) is 0 Å². The van der Waals surface area contributed by atoms with Gasteiger partial charge < -0.3 is 15.0 Å². The lowest BCUT2D eigenvalue weighted by molar-refractivity contribution is 0.184. The Bertz CT molecular complexity index is 676. The van der Waals surface area contributed by atoms with E-state index in [4.69, 9.17) is 4.74 Å². The molecule has 0 unspecified atom stereocenters. The average Bonchev–Trinajstić information content (AvgIpc) is 3.22. The van der Waals surface area contributed by atoms with Crippen LogP contribution < -0.4 is 10.1 Å². The first-order chi connectivity index (χ1) is 11.7. The van der Waals surface area contributed by atoms with Crippen LogP contribution >= 0.6 is 11.3 Å². The number of likely N-dealkylation sites (tertiary alicyclic amines) is 1. The maximum Gasteiger partial charge on any atom is 0.318 e. The summed E-state index contributed by atoms with van der Waals surface area (Å²) in [5.74, 6) is 0.745. The Morgan fingerprint density at radius 2 is 2.46 bits per heavy atom. The van der Waals surface area contributed by atoms with Crippen molar-refractivity contribution >= 4 is 17.4 Å². The highest BCUT2D eigenvalue weighted by Crippen LogP contribution is 2.22. The largest absolute Gasteiger partial charge is 0.487 e. The van der Waals surface area contributed by atoms with Crippen molar-refractivity contribution in [3.63, 3.8) is 0 Å². The van der Waals surface area contributed by atoms with Crippen LogP contribution in [0.4, 0.5) is 4.79 Å². The Morgan fingerprint density at radius 3 is 3.12 bits per heavy atom. The number of ether oxygens (including phenoxy) is 1. The summed E-state index contributed by atoms with van der Waals surface area (Å²) < 4.78 is 5.88. The summed E-state index contributed by atoms with van der Waals surface area (Å²) in [6.45, 7) is 5.31. The third kappa shape index (κ3) is 4.03. The van der Waals surface area contributed by atoms with E-state index in [1.54, 1.807) is 23.7 Å². The fraction of sp³-hybridized carbons (Fsp3) is 0.471. The molecule has 1 fully saturated rings. The second kappa shape index (κ2) is 7.61. The number of aromatic nitrogens is 2. The molecular formula is C17H22N4O2S. The molecule has 24 heavy (non-hydrogen) atoms. The molecule has 2 aromatic rings. The van der Waals surface area contributed by atoms with Gasteiger partial charge in [-0.15, -0.1) is 11.3 Å². The molecule has 0 bridgehead atoms. The standard InChI is InChI=1S/C17H22N4O2S/c1-3-15(16-19-12(2)11-24-16)20-17(22)21-8-6-14(10-21)23-13-5-4-7-18-9-13/h4-5,7,9,11,14-15H,3,6,8,10H2,1-2H3,(H,20,22)/t14-,15+/m0/s1. The number of nitrogens with one attached hydrogen (secondary N) is 1. The van der Waals surface area contributed by atoms with Gasteiger partial charge in [0.15, 0.2) is 0 Å². The smallest absolute Gasteiger partial charge is 0.318 e. The molecule has 128 valence electrons. The van der Waals surface area contributed by atoms with Crippen LogP contribution in [0.1, 0.15) is 36.5 Å². The fourth-order valence-electron chi connectivity index (χ4n) is 2.73. The van der Waals surface area contributed by atoms with Gasteiger partial charge >= 0.3 is 6.03 Å². The van der Waals surface area contributed by atoms with Gasteiger partial charge in [0.05, 0.1) is 18.8 Å². The molecule has 1 aliphatic heterocycles. The first kappa shape index (κ1) is 16.7.